The Morgan fingerprint density at radius 3 is 2.31 bits per heavy atom. The van der Waals surface area contributed by atoms with E-state index < -0.39 is 0 Å². The fourth-order valence-corrected chi connectivity index (χ4v) is 4.50. The minimum Gasteiger partial charge on any atom is -0.485 e. The number of nitrogens with two attached hydrogens (primary N) is 1. The molecule has 5 rings (SSSR count). The van der Waals surface area contributed by atoms with E-state index in [1.807, 2.05) is 41.3 Å². The van der Waals surface area contributed by atoms with Crippen LogP contribution in [0.2, 0.25) is 0 Å². The average Bonchev–Trinajstić information content (AvgIpc) is 3.38. The summed E-state index contributed by atoms with van der Waals surface area (Å²) < 4.78 is 24.2. The number of benzene rings is 2. The highest BCUT2D eigenvalue weighted by Gasteiger charge is 2.50. The molecule has 3 heterocycles. The van der Waals surface area contributed by atoms with Crippen molar-refractivity contribution in [1.82, 2.24) is 0 Å². The van der Waals surface area contributed by atoms with Gasteiger partial charge in [-0.3, -0.25) is 10.2 Å². The van der Waals surface area contributed by atoms with Gasteiger partial charge in [0.2, 0.25) is 5.91 Å². The van der Waals surface area contributed by atoms with Crippen LogP contribution in [0.1, 0.15) is 24.8 Å². The molecule has 3 aliphatic rings. The van der Waals surface area contributed by atoms with Crippen LogP contribution >= 0.6 is 0 Å². The highest BCUT2D eigenvalue weighted by molar-refractivity contribution is 5.95. The smallest absolute Gasteiger partial charge is 0.226 e. The summed E-state index contributed by atoms with van der Waals surface area (Å²) in [5, 5.41) is 7.59. The first kappa shape index (κ1) is 20.8. The van der Waals surface area contributed by atoms with Gasteiger partial charge in [-0.15, -0.1) is 0 Å². The van der Waals surface area contributed by atoms with Crippen molar-refractivity contribution in [2.45, 2.75) is 43.7 Å². The number of rotatable bonds is 6. The first-order chi connectivity index (χ1) is 15.6. The molecule has 2 aromatic rings. The third-order valence-corrected chi connectivity index (χ3v) is 6.15. The van der Waals surface area contributed by atoms with Gasteiger partial charge in [0.15, 0.2) is 12.2 Å². The molecule has 1 amide bonds. The van der Waals surface area contributed by atoms with Crippen LogP contribution in [0, 0.1) is 5.41 Å². The maximum atomic E-state index is 12.1. The normalized spacial score (nSPS) is 27.2. The Kier molecular flexibility index (Phi) is 5.71. The molecule has 0 aromatic heterocycles. The summed E-state index contributed by atoms with van der Waals surface area (Å²) in [6.07, 6.45) is 1.66. The van der Waals surface area contributed by atoms with Crippen molar-refractivity contribution >= 4 is 17.4 Å². The van der Waals surface area contributed by atoms with Crippen molar-refractivity contribution in [2.24, 2.45) is 5.73 Å². The Bertz CT molecular complexity index is 995. The first-order valence-electron chi connectivity index (χ1n) is 11.0. The van der Waals surface area contributed by atoms with E-state index in [1.54, 1.807) is 12.1 Å². The second-order valence-corrected chi connectivity index (χ2v) is 8.35. The molecule has 3 fully saturated rings. The molecule has 0 spiro atoms. The minimum absolute atomic E-state index is 0.00255. The number of ether oxygens (including phenoxy) is 4. The Balaban J connectivity index is 1.20. The number of nitrogen functional groups attached to an aromatic ring is 1. The Morgan fingerprint density at radius 2 is 1.66 bits per heavy atom. The van der Waals surface area contributed by atoms with Crippen LogP contribution < -0.4 is 20.1 Å². The zero-order valence-corrected chi connectivity index (χ0v) is 17.7. The summed E-state index contributed by atoms with van der Waals surface area (Å²) in [4.78, 5) is 14.0. The molecule has 0 bridgehead atoms. The highest BCUT2D eigenvalue weighted by Crippen LogP contribution is 2.33. The van der Waals surface area contributed by atoms with Gasteiger partial charge in [0, 0.05) is 24.2 Å². The Morgan fingerprint density at radius 1 is 0.969 bits per heavy atom. The molecule has 3 N–H and O–H groups in total. The molecule has 0 radical (unpaired) electrons. The van der Waals surface area contributed by atoms with E-state index in [9.17, 15) is 4.79 Å². The predicted molar refractivity (Wildman–Crippen MR) is 118 cm³/mol. The summed E-state index contributed by atoms with van der Waals surface area (Å²) in [6.45, 7) is 1.58. The molecule has 1 unspecified atom stereocenters. The van der Waals surface area contributed by atoms with Gasteiger partial charge in [0.25, 0.3) is 0 Å². The van der Waals surface area contributed by atoms with Gasteiger partial charge in [-0.05, 0) is 49.2 Å². The first-order valence-corrected chi connectivity index (χ1v) is 11.0. The van der Waals surface area contributed by atoms with Crippen molar-refractivity contribution < 1.29 is 23.7 Å². The molecule has 8 nitrogen and oxygen atoms in total. The third kappa shape index (κ3) is 4.16. The fraction of sp³-hybridized carbons (Fsp3) is 0.417. The van der Waals surface area contributed by atoms with E-state index >= 15 is 0 Å². The average molecular weight is 437 g/mol. The van der Waals surface area contributed by atoms with E-state index in [-0.39, 0.29) is 36.2 Å². The molecule has 32 heavy (non-hydrogen) atoms. The Hall–Kier alpha value is -3.10. The number of carbonyl (C=O) groups excluding carboxylic acids is 1. The molecule has 0 aliphatic carbocycles. The number of amides is 1. The van der Waals surface area contributed by atoms with Crippen molar-refractivity contribution in [3.63, 3.8) is 0 Å². The van der Waals surface area contributed by atoms with E-state index in [0.29, 0.717) is 30.9 Å². The topological polar surface area (TPSA) is 107 Å². The van der Waals surface area contributed by atoms with Crippen molar-refractivity contribution in [2.75, 3.05) is 24.7 Å². The van der Waals surface area contributed by atoms with Crippen LogP contribution in [0.4, 0.5) is 5.69 Å². The van der Waals surface area contributed by atoms with Crippen molar-refractivity contribution in [3.05, 3.63) is 54.1 Å². The van der Waals surface area contributed by atoms with E-state index in [4.69, 9.17) is 30.1 Å². The summed E-state index contributed by atoms with van der Waals surface area (Å²) >= 11 is 0. The maximum absolute atomic E-state index is 12.1. The highest BCUT2D eigenvalue weighted by atomic mass is 16.6. The lowest BCUT2D eigenvalue weighted by Crippen LogP contribution is -2.36. The van der Waals surface area contributed by atoms with Gasteiger partial charge >= 0.3 is 0 Å². The molecule has 0 saturated carbocycles. The Labute approximate surface area is 186 Å². The number of carbonyl (C=O) groups is 1. The number of piperidine rings is 1. The molecular weight excluding hydrogens is 410 g/mol. The van der Waals surface area contributed by atoms with Crippen LogP contribution in [0.15, 0.2) is 48.5 Å². The van der Waals surface area contributed by atoms with Gasteiger partial charge in [-0.2, -0.15) is 0 Å². The molecule has 2 aromatic carbocycles. The fourth-order valence-electron chi connectivity index (χ4n) is 4.50. The molecule has 168 valence electrons. The van der Waals surface area contributed by atoms with Crippen LogP contribution in [0.3, 0.4) is 0 Å². The summed E-state index contributed by atoms with van der Waals surface area (Å²) in [6, 6.07) is 14.8. The SMILES string of the molecule is N=C(N)c1cccc(O[C@H]2CO[C@H]3C2OC[C@H]3Oc2ccc(N3CCCCC3=O)cc2)c1. The second kappa shape index (κ2) is 8.80. The maximum Gasteiger partial charge on any atom is 0.226 e. The third-order valence-electron chi connectivity index (χ3n) is 6.15. The molecule has 4 atom stereocenters. The summed E-state index contributed by atoms with van der Waals surface area (Å²) in [5.74, 6) is 1.52. The number of fused-ring (bicyclic) bond motifs is 1. The van der Waals surface area contributed by atoms with Gasteiger partial charge in [0.1, 0.15) is 29.5 Å². The molecule has 8 heteroatoms. The minimum atomic E-state index is -0.261. The van der Waals surface area contributed by atoms with Crippen LogP contribution in [0.25, 0.3) is 0 Å². The number of nitrogens with one attached hydrogen (secondary N) is 1. The second-order valence-electron chi connectivity index (χ2n) is 8.35. The lowest BCUT2D eigenvalue weighted by atomic mass is 10.1. The summed E-state index contributed by atoms with van der Waals surface area (Å²) in [5.41, 5.74) is 7.08. The number of nitrogens with zero attached hydrogens (tertiary/aromatic N) is 1. The van der Waals surface area contributed by atoms with Gasteiger partial charge < -0.3 is 29.6 Å². The quantitative estimate of drug-likeness (QED) is 0.531. The number of hydrogen-bond acceptors (Lipinski definition) is 6. The van der Waals surface area contributed by atoms with E-state index in [1.165, 1.54) is 0 Å². The van der Waals surface area contributed by atoms with E-state index in [2.05, 4.69) is 0 Å². The molecule has 3 aliphatic heterocycles. The van der Waals surface area contributed by atoms with Crippen molar-refractivity contribution in [1.29, 1.82) is 5.41 Å². The zero-order chi connectivity index (χ0) is 22.1. The predicted octanol–water partition coefficient (Wildman–Crippen LogP) is 2.48. The van der Waals surface area contributed by atoms with Gasteiger partial charge in [-0.25, -0.2) is 0 Å². The van der Waals surface area contributed by atoms with E-state index in [0.717, 1.165) is 30.8 Å². The monoisotopic (exact) mass is 437 g/mol. The van der Waals surface area contributed by atoms with Crippen molar-refractivity contribution in [3.8, 4) is 11.5 Å². The summed E-state index contributed by atoms with van der Waals surface area (Å²) in [7, 11) is 0. The molecular formula is C24H27N3O5. The zero-order valence-electron chi connectivity index (χ0n) is 17.7. The van der Waals surface area contributed by atoms with Crippen LogP contribution in [0.5, 0.6) is 11.5 Å². The molecule has 3 saturated heterocycles. The van der Waals surface area contributed by atoms with Gasteiger partial charge in [0.05, 0.1) is 13.2 Å². The lowest BCUT2D eigenvalue weighted by molar-refractivity contribution is -0.119. The van der Waals surface area contributed by atoms with Crippen LogP contribution in [-0.4, -0.2) is 55.9 Å². The number of anilines is 1. The standard InChI is InChI=1S/C24H27N3O5/c25-24(26)15-4-3-5-18(12-15)32-20-14-30-22-19(13-29-23(20)22)31-17-9-7-16(8-10-17)27-11-2-1-6-21(27)28/h3-5,7-10,12,19-20,22-23H,1-2,6,11,13-14H2,(H3,25,26)/t19-,20+,22-,23?/m1/s1. The van der Waals surface area contributed by atoms with Gasteiger partial charge in [-0.1, -0.05) is 12.1 Å². The lowest BCUT2D eigenvalue weighted by Gasteiger charge is -2.27. The number of amidine groups is 1. The largest absolute Gasteiger partial charge is 0.485 e. The number of hydrogen-bond donors (Lipinski definition) is 2. The van der Waals surface area contributed by atoms with Crippen LogP contribution in [-0.2, 0) is 14.3 Å².